The molecular formula is C27H31N3O4. The van der Waals surface area contributed by atoms with Crippen molar-refractivity contribution in [1.29, 1.82) is 0 Å². The normalized spacial score (nSPS) is 13.9. The molecule has 1 amide bonds. The molecule has 4 rings (SSSR count). The topological polar surface area (TPSA) is 63.3 Å². The van der Waals surface area contributed by atoms with Gasteiger partial charge in [-0.15, -0.1) is 0 Å². The van der Waals surface area contributed by atoms with E-state index < -0.39 is 0 Å². The fourth-order valence-electron chi connectivity index (χ4n) is 4.17. The predicted octanol–water partition coefficient (Wildman–Crippen LogP) is 4.29. The number of carbonyl (C=O) groups excluding carboxylic acids is 1. The average molecular weight is 462 g/mol. The standard InChI is InChI=1S/C27H31N3O4/c1-32-24-17-21(18-25(33-2)26(24)34-3)27(31)28-22-11-9-20(10-12-22)19-29-13-15-30(16-14-29)23-7-5-4-6-8-23/h4-12,17-18H,13-16,19H2,1-3H3,(H,28,31). The van der Waals surface area contributed by atoms with Crippen LogP contribution in [0.3, 0.4) is 0 Å². The number of benzene rings is 3. The molecule has 0 bridgehead atoms. The van der Waals surface area contributed by atoms with E-state index in [0.29, 0.717) is 22.8 Å². The number of ether oxygens (including phenoxy) is 3. The van der Waals surface area contributed by atoms with Gasteiger partial charge in [0, 0.05) is 49.7 Å². The molecule has 0 atom stereocenters. The van der Waals surface area contributed by atoms with Gasteiger partial charge in [-0.05, 0) is 42.0 Å². The first kappa shape index (κ1) is 23.4. The van der Waals surface area contributed by atoms with E-state index >= 15 is 0 Å². The summed E-state index contributed by atoms with van der Waals surface area (Å²) in [5.74, 6) is 1.09. The largest absolute Gasteiger partial charge is 0.493 e. The second-order valence-corrected chi connectivity index (χ2v) is 8.16. The first-order valence-corrected chi connectivity index (χ1v) is 11.3. The lowest BCUT2D eigenvalue weighted by atomic mass is 10.1. The predicted molar refractivity (Wildman–Crippen MR) is 134 cm³/mol. The van der Waals surface area contributed by atoms with Crippen LogP contribution in [-0.4, -0.2) is 58.3 Å². The minimum Gasteiger partial charge on any atom is -0.493 e. The van der Waals surface area contributed by atoms with Crippen molar-refractivity contribution < 1.29 is 19.0 Å². The highest BCUT2D eigenvalue weighted by Gasteiger charge is 2.18. The quantitative estimate of drug-likeness (QED) is 0.540. The minimum atomic E-state index is -0.246. The third-order valence-electron chi connectivity index (χ3n) is 6.04. The zero-order valence-corrected chi connectivity index (χ0v) is 19.9. The Hall–Kier alpha value is -3.71. The maximum Gasteiger partial charge on any atom is 0.255 e. The van der Waals surface area contributed by atoms with Crippen LogP contribution < -0.4 is 24.4 Å². The van der Waals surface area contributed by atoms with E-state index in [2.05, 4.69) is 57.6 Å². The molecule has 0 radical (unpaired) electrons. The molecular weight excluding hydrogens is 430 g/mol. The summed E-state index contributed by atoms with van der Waals surface area (Å²) in [6.07, 6.45) is 0. The first-order chi connectivity index (χ1) is 16.6. The third kappa shape index (κ3) is 5.43. The number of para-hydroxylation sites is 1. The highest BCUT2D eigenvalue weighted by atomic mass is 16.5. The van der Waals surface area contributed by atoms with Crippen molar-refractivity contribution >= 4 is 17.3 Å². The van der Waals surface area contributed by atoms with Crippen molar-refractivity contribution in [2.45, 2.75) is 6.54 Å². The molecule has 0 spiro atoms. The van der Waals surface area contributed by atoms with Crippen LogP contribution >= 0.6 is 0 Å². The Bertz CT molecular complexity index is 1070. The summed E-state index contributed by atoms with van der Waals surface area (Å²) in [5.41, 5.74) is 3.67. The molecule has 1 N–H and O–H groups in total. The van der Waals surface area contributed by atoms with Gasteiger partial charge in [-0.1, -0.05) is 30.3 Å². The van der Waals surface area contributed by atoms with Gasteiger partial charge < -0.3 is 24.4 Å². The molecule has 1 heterocycles. The average Bonchev–Trinajstić information content (AvgIpc) is 2.89. The summed E-state index contributed by atoms with van der Waals surface area (Å²) in [7, 11) is 4.59. The molecule has 3 aromatic rings. The van der Waals surface area contributed by atoms with Gasteiger partial charge in [0.15, 0.2) is 11.5 Å². The van der Waals surface area contributed by atoms with Crippen molar-refractivity contribution in [3.05, 3.63) is 77.9 Å². The van der Waals surface area contributed by atoms with Gasteiger partial charge in [-0.2, -0.15) is 0 Å². The number of piperazine rings is 1. The molecule has 0 unspecified atom stereocenters. The van der Waals surface area contributed by atoms with Crippen LogP contribution in [-0.2, 0) is 6.54 Å². The SMILES string of the molecule is COc1cc(C(=O)Nc2ccc(CN3CCN(c4ccccc4)CC3)cc2)cc(OC)c1OC. The zero-order chi connectivity index (χ0) is 23.9. The Labute approximate surface area is 200 Å². The number of anilines is 2. The Morgan fingerprint density at radius 3 is 2.00 bits per heavy atom. The maximum absolute atomic E-state index is 12.8. The molecule has 7 heteroatoms. The van der Waals surface area contributed by atoms with Crippen molar-refractivity contribution in [3.8, 4) is 17.2 Å². The van der Waals surface area contributed by atoms with E-state index in [1.807, 2.05) is 12.1 Å². The molecule has 1 aliphatic rings. The molecule has 178 valence electrons. The van der Waals surface area contributed by atoms with Crippen LogP contribution in [0.5, 0.6) is 17.2 Å². The lowest BCUT2D eigenvalue weighted by Crippen LogP contribution is -2.45. The lowest BCUT2D eigenvalue weighted by molar-refractivity contribution is 0.102. The van der Waals surface area contributed by atoms with Crippen LogP contribution in [0, 0.1) is 0 Å². The number of hydrogen-bond donors (Lipinski definition) is 1. The molecule has 34 heavy (non-hydrogen) atoms. The van der Waals surface area contributed by atoms with Crippen LogP contribution in [0.25, 0.3) is 0 Å². The van der Waals surface area contributed by atoms with Crippen LogP contribution in [0.2, 0.25) is 0 Å². The van der Waals surface area contributed by atoms with Gasteiger partial charge in [0.05, 0.1) is 21.3 Å². The van der Waals surface area contributed by atoms with Crippen LogP contribution in [0.1, 0.15) is 15.9 Å². The van der Waals surface area contributed by atoms with E-state index in [4.69, 9.17) is 14.2 Å². The Kier molecular flexibility index (Phi) is 7.54. The molecule has 0 saturated carbocycles. The molecule has 1 saturated heterocycles. The summed E-state index contributed by atoms with van der Waals surface area (Å²) in [6, 6.07) is 21.8. The van der Waals surface area contributed by atoms with Gasteiger partial charge in [-0.25, -0.2) is 0 Å². The fourth-order valence-corrected chi connectivity index (χ4v) is 4.17. The lowest BCUT2D eigenvalue weighted by Gasteiger charge is -2.36. The summed E-state index contributed by atoms with van der Waals surface area (Å²) in [5, 5.41) is 2.94. The van der Waals surface area contributed by atoms with Crippen molar-refractivity contribution in [3.63, 3.8) is 0 Å². The number of methoxy groups -OCH3 is 3. The summed E-state index contributed by atoms with van der Waals surface area (Å²) in [4.78, 5) is 17.7. The number of nitrogens with zero attached hydrogens (tertiary/aromatic N) is 2. The minimum absolute atomic E-state index is 0.246. The first-order valence-electron chi connectivity index (χ1n) is 11.3. The number of carbonyl (C=O) groups is 1. The third-order valence-corrected chi connectivity index (χ3v) is 6.04. The van der Waals surface area contributed by atoms with Gasteiger partial charge >= 0.3 is 0 Å². The van der Waals surface area contributed by atoms with Gasteiger partial charge in [0.2, 0.25) is 5.75 Å². The van der Waals surface area contributed by atoms with Gasteiger partial charge in [0.1, 0.15) is 0 Å². The van der Waals surface area contributed by atoms with Crippen LogP contribution in [0.15, 0.2) is 66.7 Å². The van der Waals surface area contributed by atoms with E-state index in [0.717, 1.165) is 38.4 Å². The smallest absolute Gasteiger partial charge is 0.255 e. The van der Waals surface area contributed by atoms with E-state index in [1.54, 1.807) is 12.1 Å². The highest BCUT2D eigenvalue weighted by molar-refractivity contribution is 6.05. The van der Waals surface area contributed by atoms with Crippen LogP contribution in [0.4, 0.5) is 11.4 Å². The number of hydrogen-bond acceptors (Lipinski definition) is 6. The van der Waals surface area contributed by atoms with Gasteiger partial charge in [-0.3, -0.25) is 9.69 Å². The zero-order valence-electron chi connectivity index (χ0n) is 19.9. The molecule has 7 nitrogen and oxygen atoms in total. The molecule has 0 aliphatic carbocycles. The van der Waals surface area contributed by atoms with E-state index in [9.17, 15) is 4.79 Å². The maximum atomic E-state index is 12.8. The van der Waals surface area contributed by atoms with Crippen molar-refractivity contribution in [2.75, 3.05) is 57.7 Å². The molecule has 3 aromatic carbocycles. The Balaban J connectivity index is 1.34. The summed E-state index contributed by atoms with van der Waals surface area (Å²) < 4.78 is 16.0. The Morgan fingerprint density at radius 2 is 1.44 bits per heavy atom. The second kappa shape index (κ2) is 10.9. The number of nitrogens with one attached hydrogen (secondary N) is 1. The summed E-state index contributed by atoms with van der Waals surface area (Å²) >= 11 is 0. The van der Waals surface area contributed by atoms with Crippen molar-refractivity contribution in [2.24, 2.45) is 0 Å². The number of rotatable bonds is 8. The monoisotopic (exact) mass is 461 g/mol. The summed E-state index contributed by atoms with van der Waals surface area (Å²) in [6.45, 7) is 4.98. The van der Waals surface area contributed by atoms with E-state index in [1.165, 1.54) is 32.6 Å². The highest BCUT2D eigenvalue weighted by Crippen LogP contribution is 2.38. The molecule has 1 aliphatic heterocycles. The molecule has 0 aromatic heterocycles. The number of amides is 1. The van der Waals surface area contributed by atoms with Gasteiger partial charge in [0.25, 0.3) is 5.91 Å². The van der Waals surface area contributed by atoms with E-state index in [-0.39, 0.29) is 5.91 Å². The Morgan fingerprint density at radius 1 is 0.824 bits per heavy atom. The van der Waals surface area contributed by atoms with Crippen molar-refractivity contribution in [1.82, 2.24) is 4.90 Å². The second-order valence-electron chi connectivity index (χ2n) is 8.16. The molecule has 1 fully saturated rings. The fraction of sp³-hybridized carbons (Fsp3) is 0.296.